The molecule has 0 aliphatic rings. The molecule has 0 aromatic heterocycles. The van der Waals surface area contributed by atoms with Gasteiger partial charge in [0.05, 0.1) is 0 Å². The number of halogens is 1. The smallest absolute Gasteiger partial charge is 0.123 e. The average Bonchev–Trinajstić information content (AvgIpc) is 2.15. The fourth-order valence-electron chi connectivity index (χ4n) is 1.93. The van der Waals surface area contributed by atoms with Crippen LogP contribution in [0.25, 0.3) is 0 Å². The maximum absolute atomic E-state index is 12.9. The Labute approximate surface area is 98.1 Å². The summed E-state index contributed by atoms with van der Waals surface area (Å²) in [6.45, 7) is 9.41. The van der Waals surface area contributed by atoms with Gasteiger partial charge in [-0.2, -0.15) is 0 Å². The van der Waals surface area contributed by atoms with Gasteiger partial charge in [0.15, 0.2) is 0 Å². The lowest BCUT2D eigenvalue weighted by atomic mass is 10.0. The van der Waals surface area contributed by atoms with Crippen LogP contribution in [0, 0.1) is 18.7 Å². The highest BCUT2D eigenvalue weighted by Crippen LogP contribution is 2.11. The first-order valence-corrected chi connectivity index (χ1v) is 5.97. The molecule has 1 unspecified atom stereocenters. The van der Waals surface area contributed by atoms with Gasteiger partial charge in [0.25, 0.3) is 0 Å². The van der Waals surface area contributed by atoms with E-state index in [-0.39, 0.29) is 5.82 Å². The zero-order chi connectivity index (χ0) is 12.1. The maximum atomic E-state index is 12.9. The predicted octanol–water partition coefficient (Wildman–Crippen LogP) is 3.66. The molecule has 0 aliphatic carbocycles. The Morgan fingerprint density at radius 3 is 2.50 bits per heavy atom. The second kappa shape index (κ2) is 6.00. The summed E-state index contributed by atoms with van der Waals surface area (Å²) in [5.74, 6) is 0.549. The van der Waals surface area contributed by atoms with Crippen LogP contribution in [0.4, 0.5) is 4.39 Å². The summed E-state index contributed by atoms with van der Waals surface area (Å²) in [7, 11) is 0. The molecule has 0 spiro atoms. The van der Waals surface area contributed by atoms with Crippen molar-refractivity contribution in [3.8, 4) is 0 Å². The molecule has 0 bridgehead atoms. The number of hydrogen-bond donors (Lipinski definition) is 1. The van der Waals surface area contributed by atoms with E-state index < -0.39 is 0 Å². The standard InChI is InChI=1S/C14H22FN/c1-10(2)7-12(4)16-9-13-5-6-14(15)8-11(13)3/h5-6,8,10,12,16H,7,9H2,1-4H3. The van der Waals surface area contributed by atoms with Gasteiger partial charge in [0, 0.05) is 12.6 Å². The molecule has 1 atom stereocenters. The van der Waals surface area contributed by atoms with Crippen molar-refractivity contribution in [1.82, 2.24) is 5.32 Å². The molecule has 2 heteroatoms. The van der Waals surface area contributed by atoms with E-state index in [9.17, 15) is 4.39 Å². The lowest BCUT2D eigenvalue weighted by molar-refractivity contribution is 0.441. The normalized spacial score (nSPS) is 13.1. The van der Waals surface area contributed by atoms with Gasteiger partial charge in [-0.05, 0) is 49.4 Å². The van der Waals surface area contributed by atoms with Crippen LogP contribution in [0.3, 0.4) is 0 Å². The highest BCUT2D eigenvalue weighted by Gasteiger charge is 2.05. The number of rotatable bonds is 5. The molecular formula is C14H22FN. The van der Waals surface area contributed by atoms with E-state index in [0.29, 0.717) is 12.0 Å². The summed E-state index contributed by atoms with van der Waals surface area (Å²) >= 11 is 0. The molecule has 0 aliphatic heterocycles. The lowest BCUT2D eigenvalue weighted by Gasteiger charge is -2.16. The number of hydrogen-bond acceptors (Lipinski definition) is 1. The highest BCUT2D eigenvalue weighted by atomic mass is 19.1. The van der Waals surface area contributed by atoms with Crippen LogP contribution in [-0.2, 0) is 6.54 Å². The van der Waals surface area contributed by atoms with Crippen LogP contribution in [-0.4, -0.2) is 6.04 Å². The Hall–Kier alpha value is -0.890. The van der Waals surface area contributed by atoms with Gasteiger partial charge in [0.1, 0.15) is 5.82 Å². The van der Waals surface area contributed by atoms with Crippen LogP contribution < -0.4 is 5.32 Å². The minimum absolute atomic E-state index is 0.156. The summed E-state index contributed by atoms with van der Waals surface area (Å²) in [6, 6.07) is 5.48. The van der Waals surface area contributed by atoms with Gasteiger partial charge in [-0.15, -0.1) is 0 Å². The van der Waals surface area contributed by atoms with Gasteiger partial charge < -0.3 is 5.32 Å². The molecule has 16 heavy (non-hydrogen) atoms. The van der Waals surface area contributed by atoms with E-state index >= 15 is 0 Å². The van der Waals surface area contributed by atoms with Gasteiger partial charge in [-0.1, -0.05) is 19.9 Å². The zero-order valence-corrected chi connectivity index (χ0v) is 10.7. The van der Waals surface area contributed by atoms with Crippen molar-refractivity contribution in [2.75, 3.05) is 0 Å². The fraction of sp³-hybridized carbons (Fsp3) is 0.571. The van der Waals surface area contributed by atoms with Crippen LogP contribution in [0.1, 0.15) is 38.3 Å². The Morgan fingerprint density at radius 1 is 1.25 bits per heavy atom. The molecule has 1 nitrogen and oxygen atoms in total. The van der Waals surface area contributed by atoms with Crippen LogP contribution in [0.5, 0.6) is 0 Å². The highest BCUT2D eigenvalue weighted by molar-refractivity contribution is 5.26. The predicted molar refractivity (Wildman–Crippen MR) is 66.9 cm³/mol. The Morgan fingerprint density at radius 2 is 1.94 bits per heavy atom. The van der Waals surface area contributed by atoms with Crippen molar-refractivity contribution < 1.29 is 4.39 Å². The third-order valence-corrected chi connectivity index (χ3v) is 2.77. The second-order valence-corrected chi connectivity index (χ2v) is 4.98. The third kappa shape index (κ3) is 4.31. The average molecular weight is 223 g/mol. The SMILES string of the molecule is Cc1cc(F)ccc1CNC(C)CC(C)C. The zero-order valence-electron chi connectivity index (χ0n) is 10.7. The first-order valence-electron chi connectivity index (χ1n) is 5.97. The quantitative estimate of drug-likeness (QED) is 0.803. The first kappa shape index (κ1) is 13.2. The number of benzene rings is 1. The first-order chi connectivity index (χ1) is 7.49. The molecule has 0 amide bonds. The summed E-state index contributed by atoms with van der Waals surface area (Å²) in [6.07, 6.45) is 1.17. The molecule has 0 saturated carbocycles. The van der Waals surface area contributed by atoms with Crippen molar-refractivity contribution in [2.45, 2.75) is 46.7 Å². The minimum atomic E-state index is -0.156. The topological polar surface area (TPSA) is 12.0 Å². The molecule has 0 heterocycles. The molecule has 1 aromatic rings. The molecule has 1 aromatic carbocycles. The summed E-state index contributed by atoms with van der Waals surface area (Å²) in [5.41, 5.74) is 2.20. The van der Waals surface area contributed by atoms with Gasteiger partial charge in [-0.25, -0.2) is 4.39 Å². The van der Waals surface area contributed by atoms with E-state index in [1.807, 2.05) is 13.0 Å². The van der Waals surface area contributed by atoms with Gasteiger partial charge in [-0.3, -0.25) is 0 Å². The summed E-state index contributed by atoms with van der Waals surface area (Å²) in [4.78, 5) is 0. The molecular weight excluding hydrogens is 201 g/mol. The largest absolute Gasteiger partial charge is 0.310 e. The van der Waals surface area contributed by atoms with Crippen molar-refractivity contribution in [1.29, 1.82) is 0 Å². The Bertz CT molecular complexity index is 334. The second-order valence-electron chi connectivity index (χ2n) is 4.98. The van der Waals surface area contributed by atoms with E-state index in [1.54, 1.807) is 6.07 Å². The van der Waals surface area contributed by atoms with E-state index in [2.05, 4.69) is 26.1 Å². The fourth-order valence-corrected chi connectivity index (χ4v) is 1.93. The van der Waals surface area contributed by atoms with E-state index in [4.69, 9.17) is 0 Å². The third-order valence-electron chi connectivity index (χ3n) is 2.77. The van der Waals surface area contributed by atoms with Gasteiger partial charge >= 0.3 is 0 Å². The molecule has 0 radical (unpaired) electrons. The molecule has 1 N–H and O–H groups in total. The van der Waals surface area contributed by atoms with Crippen molar-refractivity contribution in [2.24, 2.45) is 5.92 Å². The van der Waals surface area contributed by atoms with Crippen LogP contribution in [0.15, 0.2) is 18.2 Å². The van der Waals surface area contributed by atoms with Crippen molar-refractivity contribution in [3.63, 3.8) is 0 Å². The molecule has 0 saturated heterocycles. The summed E-state index contributed by atoms with van der Waals surface area (Å²) < 4.78 is 12.9. The van der Waals surface area contributed by atoms with Crippen molar-refractivity contribution in [3.05, 3.63) is 35.1 Å². The molecule has 1 rings (SSSR count). The molecule has 0 fully saturated rings. The lowest BCUT2D eigenvalue weighted by Crippen LogP contribution is -2.27. The summed E-state index contributed by atoms with van der Waals surface area (Å²) in [5, 5.41) is 3.47. The maximum Gasteiger partial charge on any atom is 0.123 e. The van der Waals surface area contributed by atoms with Crippen molar-refractivity contribution >= 4 is 0 Å². The van der Waals surface area contributed by atoms with E-state index in [1.165, 1.54) is 18.1 Å². The van der Waals surface area contributed by atoms with E-state index in [0.717, 1.165) is 12.1 Å². The Balaban J connectivity index is 2.48. The number of nitrogens with one attached hydrogen (secondary N) is 1. The van der Waals surface area contributed by atoms with Crippen LogP contribution >= 0.6 is 0 Å². The monoisotopic (exact) mass is 223 g/mol. The Kier molecular flexibility index (Phi) is 4.94. The number of aryl methyl sites for hydroxylation is 1. The van der Waals surface area contributed by atoms with Crippen LogP contribution in [0.2, 0.25) is 0 Å². The van der Waals surface area contributed by atoms with Gasteiger partial charge in [0.2, 0.25) is 0 Å². The molecule has 90 valence electrons. The minimum Gasteiger partial charge on any atom is -0.310 e.